The zero-order chi connectivity index (χ0) is 13.0. The molecule has 1 unspecified atom stereocenters. The molecular weight excluding hydrogens is 292 g/mol. The summed E-state index contributed by atoms with van der Waals surface area (Å²) in [6.07, 6.45) is 3.93. The fraction of sp³-hybridized carbons (Fsp3) is 0.538. The van der Waals surface area contributed by atoms with Gasteiger partial charge in [0.25, 0.3) is 0 Å². The van der Waals surface area contributed by atoms with Crippen molar-refractivity contribution in [2.24, 2.45) is 0 Å². The van der Waals surface area contributed by atoms with Gasteiger partial charge in [0.2, 0.25) is 0 Å². The van der Waals surface area contributed by atoms with E-state index in [1.165, 1.54) is 0 Å². The number of rotatable bonds is 4. The summed E-state index contributed by atoms with van der Waals surface area (Å²) in [5, 5.41) is 12.6. The lowest BCUT2D eigenvalue weighted by molar-refractivity contribution is 0.617. The lowest BCUT2D eigenvalue weighted by Crippen LogP contribution is -2.38. The van der Waals surface area contributed by atoms with Crippen LogP contribution in [-0.2, 0) is 0 Å². The van der Waals surface area contributed by atoms with Crippen molar-refractivity contribution in [2.45, 2.75) is 25.8 Å². The van der Waals surface area contributed by atoms with Crippen LogP contribution in [-0.4, -0.2) is 30.7 Å². The third-order valence-electron chi connectivity index (χ3n) is 3.17. The Kier molecular flexibility index (Phi) is 4.56. The molecule has 0 amide bonds. The zero-order valence-corrected chi connectivity index (χ0v) is 12.1. The van der Waals surface area contributed by atoms with Gasteiger partial charge < -0.3 is 10.2 Å². The molecule has 4 nitrogen and oxygen atoms in total. The Morgan fingerprint density at radius 1 is 1.67 bits per heavy atom. The molecule has 0 bridgehead atoms. The summed E-state index contributed by atoms with van der Waals surface area (Å²) < 4.78 is 0.851. The van der Waals surface area contributed by atoms with E-state index >= 15 is 0 Å². The van der Waals surface area contributed by atoms with Gasteiger partial charge in [-0.2, -0.15) is 5.26 Å². The highest BCUT2D eigenvalue weighted by molar-refractivity contribution is 9.10. The number of nitrogens with one attached hydrogen (secondary N) is 1. The Morgan fingerprint density at radius 3 is 3.11 bits per heavy atom. The predicted octanol–water partition coefficient (Wildman–Crippen LogP) is 2.29. The molecule has 1 aromatic heterocycles. The van der Waals surface area contributed by atoms with Crippen molar-refractivity contribution in [3.05, 3.63) is 22.3 Å². The first-order chi connectivity index (χ1) is 8.76. The van der Waals surface area contributed by atoms with Gasteiger partial charge >= 0.3 is 0 Å². The molecule has 2 heterocycles. The van der Waals surface area contributed by atoms with Crippen LogP contribution in [0.1, 0.15) is 25.3 Å². The van der Waals surface area contributed by atoms with E-state index in [4.69, 9.17) is 0 Å². The number of hydrogen-bond acceptors (Lipinski definition) is 4. The first-order valence-electron chi connectivity index (χ1n) is 6.29. The molecule has 96 valence electrons. The van der Waals surface area contributed by atoms with E-state index in [0.717, 1.165) is 42.8 Å². The third kappa shape index (κ3) is 2.82. The minimum Gasteiger partial charge on any atom is -0.351 e. The summed E-state index contributed by atoms with van der Waals surface area (Å²) in [6.45, 7) is 5.11. The maximum atomic E-state index is 9.25. The molecule has 2 rings (SSSR count). The van der Waals surface area contributed by atoms with Crippen molar-refractivity contribution in [3.8, 4) is 6.07 Å². The maximum Gasteiger partial charge on any atom is 0.146 e. The van der Waals surface area contributed by atoms with Crippen molar-refractivity contribution in [1.29, 1.82) is 5.26 Å². The van der Waals surface area contributed by atoms with Gasteiger partial charge in [-0.1, -0.05) is 6.92 Å². The van der Waals surface area contributed by atoms with Crippen LogP contribution in [0.2, 0.25) is 0 Å². The van der Waals surface area contributed by atoms with Gasteiger partial charge in [-0.05, 0) is 41.4 Å². The molecule has 1 aliphatic heterocycles. The summed E-state index contributed by atoms with van der Waals surface area (Å²) in [7, 11) is 0. The summed E-state index contributed by atoms with van der Waals surface area (Å²) in [6, 6.07) is 4.53. The number of nitriles is 1. The fourth-order valence-corrected chi connectivity index (χ4v) is 2.68. The Bertz CT molecular complexity index is 449. The van der Waals surface area contributed by atoms with Gasteiger partial charge in [-0.3, -0.25) is 0 Å². The van der Waals surface area contributed by atoms with Crippen LogP contribution in [0.3, 0.4) is 0 Å². The summed E-state index contributed by atoms with van der Waals surface area (Å²) in [4.78, 5) is 6.71. The Morgan fingerprint density at radius 2 is 2.50 bits per heavy atom. The van der Waals surface area contributed by atoms with E-state index in [0.29, 0.717) is 11.6 Å². The SMILES string of the molecule is CCCN(c1ncc(Br)cc1C#N)C1CCNC1. The second-order valence-corrected chi connectivity index (χ2v) is 5.39. The average molecular weight is 309 g/mol. The molecule has 1 N–H and O–H groups in total. The van der Waals surface area contributed by atoms with Crippen LogP contribution in [0.25, 0.3) is 0 Å². The number of hydrogen-bond donors (Lipinski definition) is 1. The largest absolute Gasteiger partial charge is 0.351 e. The van der Waals surface area contributed by atoms with E-state index in [9.17, 15) is 5.26 Å². The van der Waals surface area contributed by atoms with E-state index in [1.807, 2.05) is 6.07 Å². The lowest BCUT2D eigenvalue weighted by atomic mass is 10.1. The van der Waals surface area contributed by atoms with Crippen LogP contribution in [0.15, 0.2) is 16.7 Å². The number of halogens is 1. The normalized spacial score (nSPS) is 18.6. The monoisotopic (exact) mass is 308 g/mol. The average Bonchev–Trinajstić information content (AvgIpc) is 2.90. The zero-order valence-electron chi connectivity index (χ0n) is 10.5. The number of anilines is 1. The number of nitrogens with zero attached hydrogens (tertiary/aromatic N) is 3. The second-order valence-electron chi connectivity index (χ2n) is 4.48. The Balaban J connectivity index is 2.32. The van der Waals surface area contributed by atoms with Crippen molar-refractivity contribution in [1.82, 2.24) is 10.3 Å². The maximum absolute atomic E-state index is 9.25. The minimum atomic E-state index is 0.450. The first kappa shape index (κ1) is 13.3. The topological polar surface area (TPSA) is 52.0 Å². The van der Waals surface area contributed by atoms with Crippen molar-refractivity contribution >= 4 is 21.7 Å². The standard InChI is InChI=1S/C13H17BrN4/c1-2-5-18(12-3-4-16-9-12)13-10(7-15)6-11(14)8-17-13/h6,8,12,16H,2-5,9H2,1H3. The van der Waals surface area contributed by atoms with E-state index in [-0.39, 0.29) is 0 Å². The predicted molar refractivity (Wildman–Crippen MR) is 75.6 cm³/mol. The molecular formula is C13H17BrN4. The Labute approximate surface area is 116 Å². The van der Waals surface area contributed by atoms with Gasteiger partial charge in [0.15, 0.2) is 0 Å². The van der Waals surface area contributed by atoms with Gasteiger partial charge in [-0.25, -0.2) is 4.98 Å². The molecule has 5 heteroatoms. The van der Waals surface area contributed by atoms with Gasteiger partial charge in [0.05, 0.1) is 5.56 Å². The van der Waals surface area contributed by atoms with Gasteiger partial charge in [0.1, 0.15) is 11.9 Å². The molecule has 18 heavy (non-hydrogen) atoms. The Hall–Kier alpha value is -1.12. The highest BCUT2D eigenvalue weighted by Gasteiger charge is 2.24. The molecule has 0 aliphatic carbocycles. The van der Waals surface area contributed by atoms with E-state index < -0.39 is 0 Å². The molecule has 0 spiro atoms. The second kappa shape index (κ2) is 6.17. The summed E-state index contributed by atoms with van der Waals surface area (Å²) in [5.74, 6) is 0.816. The van der Waals surface area contributed by atoms with Crippen molar-refractivity contribution in [2.75, 3.05) is 24.5 Å². The molecule has 0 aromatic carbocycles. The molecule has 0 saturated carbocycles. The van der Waals surface area contributed by atoms with Crippen molar-refractivity contribution < 1.29 is 0 Å². The summed E-state index contributed by atoms with van der Waals surface area (Å²) in [5.41, 5.74) is 0.643. The molecule has 1 fully saturated rings. The quantitative estimate of drug-likeness (QED) is 0.927. The highest BCUT2D eigenvalue weighted by atomic mass is 79.9. The van der Waals surface area contributed by atoms with Crippen LogP contribution in [0.4, 0.5) is 5.82 Å². The highest BCUT2D eigenvalue weighted by Crippen LogP contribution is 2.24. The van der Waals surface area contributed by atoms with Gasteiger partial charge in [0, 0.05) is 29.8 Å². The minimum absolute atomic E-state index is 0.450. The van der Waals surface area contributed by atoms with Crippen molar-refractivity contribution in [3.63, 3.8) is 0 Å². The van der Waals surface area contributed by atoms with Gasteiger partial charge in [-0.15, -0.1) is 0 Å². The molecule has 1 aliphatic rings. The number of aromatic nitrogens is 1. The first-order valence-corrected chi connectivity index (χ1v) is 7.08. The third-order valence-corrected chi connectivity index (χ3v) is 3.60. The molecule has 1 atom stereocenters. The molecule has 0 radical (unpaired) electrons. The molecule has 1 aromatic rings. The van der Waals surface area contributed by atoms with Crippen LogP contribution in [0.5, 0.6) is 0 Å². The fourth-order valence-electron chi connectivity index (χ4n) is 2.35. The van der Waals surface area contributed by atoms with Crippen LogP contribution in [0, 0.1) is 11.3 Å². The molecule has 1 saturated heterocycles. The lowest BCUT2D eigenvalue weighted by Gasteiger charge is -2.30. The van der Waals surface area contributed by atoms with Crippen LogP contribution >= 0.6 is 15.9 Å². The van der Waals surface area contributed by atoms with E-state index in [2.05, 4.69) is 44.1 Å². The number of pyridine rings is 1. The van der Waals surface area contributed by atoms with Crippen LogP contribution < -0.4 is 10.2 Å². The van der Waals surface area contributed by atoms with E-state index in [1.54, 1.807) is 6.20 Å². The smallest absolute Gasteiger partial charge is 0.146 e. The summed E-state index contributed by atoms with van der Waals surface area (Å²) >= 11 is 3.36.